The van der Waals surface area contributed by atoms with E-state index in [9.17, 15) is 9.59 Å². The molecule has 15 heavy (non-hydrogen) atoms. The Labute approximate surface area is 89.0 Å². The molecule has 0 unspecified atom stereocenters. The van der Waals surface area contributed by atoms with E-state index in [2.05, 4.69) is 10.6 Å². The Hall–Kier alpha value is -1.30. The number of rotatable bonds is 8. The molecule has 0 atom stereocenters. The monoisotopic (exact) mass is 218 g/mol. The topological polar surface area (TPSA) is 87.7 Å². The van der Waals surface area contributed by atoms with Gasteiger partial charge in [0, 0.05) is 26.8 Å². The molecule has 3 N–H and O–H groups in total. The van der Waals surface area contributed by atoms with Crippen LogP contribution in [0, 0.1) is 0 Å². The highest BCUT2D eigenvalue weighted by Gasteiger charge is 2.00. The van der Waals surface area contributed by atoms with E-state index in [1.54, 1.807) is 7.11 Å². The highest BCUT2D eigenvalue weighted by atomic mass is 16.5. The van der Waals surface area contributed by atoms with Gasteiger partial charge in [-0.2, -0.15) is 0 Å². The predicted molar refractivity (Wildman–Crippen MR) is 54.8 cm³/mol. The molecule has 0 aliphatic carbocycles. The lowest BCUT2D eigenvalue weighted by atomic mass is 10.3. The van der Waals surface area contributed by atoms with Gasteiger partial charge in [0.15, 0.2) is 0 Å². The molecule has 6 heteroatoms. The van der Waals surface area contributed by atoms with Crippen LogP contribution >= 0.6 is 0 Å². The Morgan fingerprint density at radius 1 is 1.20 bits per heavy atom. The molecule has 88 valence electrons. The average Bonchev–Trinajstić information content (AvgIpc) is 2.17. The van der Waals surface area contributed by atoms with Gasteiger partial charge < -0.3 is 20.5 Å². The average molecular weight is 218 g/mol. The second kappa shape index (κ2) is 9.26. The van der Waals surface area contributed by atoms with Crippen LogP contribution < -0.4 is 10.6 Å². The summed E-state index contributed by atoms with van der Waals surface area (Å²) in [6, 6.07) is -0.325. The van der Waals surface area contributed by atoms with Crippen molar-refractivity contribution in [3.05, 3.63) is 0 Å². The van der Waals surface area contributed by atoms with Crippen LogP contribution in [-0.2, 0) is 9.53 Å². The van der Waals surface area contributed by atoms with Gasteiger partial charge in [0.25, 0.3) is 0 Å². The Bertz CT molecular complexity index is 197. The van der Waals surface area contributed by atoms with Crippen LogP contribution in [0.3, 0.4) is 0 Å². The maximum Gasteiger partial charge on any atom is 0.314 e. The number of ether oxygens (including phenoxy) is 1. The maximum absolute atomic E-state index is 11.0. The van der Waals surface area contributed by atoms with E-state index in [0.717, 1.165) is 12.8 Å². The zero-order chi connectivity index (χ0) is 11.5. The summed E-state index contributed by atoms with van der Waals surface area (Å²) in [5, 5.41) is 13.4. The fraction of sp³-hybridized carbons (Fsp3) is 0.778. The quantitative estimate of drug-likeness (QED) is 0.507. The molecule has 0 fully saturated rings. The summed E-state index contributed by atoms with van der Waals surface area (Å²) in [4.78, 5) is 21.1. The number of hydrogen-bond donors (Lipinski definition) is 3. The van der Waals surface area contributed by atoms with Crippen LogP contribution in [0.4, 0.5) is 4.79 Å². The van der Waals surface area contributed by atoms with E-state index < -0.39 is 5.97 Å². The van der Waals surface area contributed by atoms with Crippen molar-refractivity contribution in [2.24, 2.45) is 0 Å². The molecule has 0 rings (SSSR count). The molecule has 0 bridgehead atoms. The van der Waals surface area contributed by atoms with Gasteiger partial charge in [-0.25, -0.2) is 4.79 Å². The number of methoxy groups -OCH3 is 1. The van der Waals surface area contributed by atoms with Crippen molar-refractivity contribution in [1.82, 2.24) is 10.6 Å². The van der Waals surface area contributed by atoms with E-state index in [-0.39, 0.29) is 19.0 Å². The number of unbranched alkanes of at least 4 members (excludes halogenated alkanes) is 1. The number of carbonyl (C=O) groups is 2. The normalized spacial score (nSPS) is 9.67. The lowest BCUT2D eigenvalue weighted by molar-refractivity contribution is -0.136. The molecular formula is C9H18N2O4. The SMILES string of the molecule is COCCCCNC(=O)NCCC(=O)O. The number of nitrogens with one attached hydrogen (secondary N) is 2. The molecule has 0 aromatic heterocycles. The molecule has 0 heterocycles. The zero-order valence-electron chi connectivity index (χ0n) is 8.91. The molecule has 0 aliphatic heterocycles. The number of carboxylic acid groups (broad SMARTS) is 1. The van der Waals surface area contributed by atoms with Gasteiger partial charge in [-0.05, 0) is 12.8 Å². The number of amides is 2. The van der Waals surface area contributed by atoms with Crippen molar-refractivity contribution in [1.29, 1.82) is 0 Å². The number of carboxylic acids is 1. The summed E-state index contributed by atoms with van der Waals surface area (Å²) in [5.41, 5.74) is 0. The molecular weight excluding hydrogens is 200 g/mol. The van der Waals surface area contributed by atoms with Gasteiger partial charge in [-0.1, -0.05) is 0 Å². The van der Waals surface area contributed by atoms with Crippen molar-refractivity contribution < 1.29 is 19.4 Å². The summed E-state index contributed by atoms with van der Waals surface area (Å²) in [7, 11) is 1.63. The van der Waals surface area contributed by atoms with Crippen LogP contribution in [0.5, 0.6) is 0 Å². The van der Waals surface area contributed by atoms with Crippen LogP contribution in [0.15, 0.2) is 0 Å². The molecule has 0 saturated carbocycles. The maximum atomic E-state index is 11.0. The van der Waals surface area contributed by atoms with Crippen LogP contribution in [0.25, 0.3) is 0 Å². The molecule has 6 nitrogen and oxygen atoms in total. The van der Waals surface area contributed by atoms with Crippen molar-refractivity contribution in [2.45, 2.75) is 19.3 Å². The molecule has 0 radical (unpaired) electrons. The summed E-state index contributed by atoms with van der Waals surface area (Å²) in [5.74, 6) is -0.921. The first-order valence-corrected chi connectivity index (χ1v) is 4.89. The van der Waals surface area contributed by atoms with E-state index >= 15 is 0 Å². The predicted octanol–water partition coefficient (Wildman–Crippen LogP) is 0.187. The first-order chi connectivity index (χ1) is 7.16. The van der Waals surface area contributed by atoms with E-state index in [0.29, 0.717) is 13.2 Å². The number of carbonyl (C=O) groups excluding carboxylic acids is 1. The third-order valence-electron chi connectivity index (χ3n) is 1.69. The van der Waals surface area contributed by atoms with Gasteiger partial charge in [-0.3, -0.25) is 4.79 Å². The van der Waals surface area contributed by atoms with E-state index in [1.165, 1.54) is 0 Å². The molecule has 0 aliphatic rings. The van der Waals surface area contributed by atoms with Gasteiger partial charge in [0.1, 0.15) is 0 Å². The fourth-order valence-corrected chi connectivity index (χ4v) is 0.919. The van der Waals surface area contributed by atoms with E-state index in [1.807, 2.05) is 0 Å². The first-order valence-electron chi connectivity index (χ1n) is 4.89. The fourth-order valence-electron chi connectivity index (χ4n) is 0.919. The molecule has 0 spiro atoms. The smallest absolute Gasteiger partial charge is 0.314 e. The summed E-state index contributed by atoms with van der Waals surface area (Å²) < 4.78 is 4.85. The number of aliphatic carboxylic acids is 1. The Balaban J connectivity index is 3.22. The van der Waals surface area contributed by atoms with Crippen molar-refractivity contribution in [3.63, 3.8) is 0 Å². The lowest BCUT2D eigenvalue weighted by Crippen LogP contribution is -2.37. The summed E-state index contributed by atoms with van der Waals surface area (Å²) in [6.45, 7) is 1.41. The molecule has 0 saturated heterocycles. The molecule has 0 aromatic carbocycles. The Kier molecular flexibility index (Phi) is 8.46. The summed E-state index contributed by atoms with van der Waals surface area (Å²) >= 11 is 0. The van der Waals surface area contributed by atoms with Crippen molar-refractivity contribution in [3.8, 4) is 0 Å². The largest absolute Gasteiger partial charge is 0.481 e. The van der Waals surface area contributed by atoms with Gasteiger partial charge in [-0.15, -0.1) is 0 Å². The third kappa shape index (κ3) is 10.6. The van der Waals surface area contributed by atoms with Crippen LogP contribution in [-0.4, -0.2) is 43.9 Å². The van der Waals surface area contributed by atoms with Crippen LogP contribution in [0.1, 0.15) is 19.3 Å². The second-order valence-electron chi connectivity index (χ2n) is 3.03. The minimum absolute atomic E-state index is 0.0584. The van der Waals surface area contributed by atoms with Gasteiger partial charge >= 0.3 is 12.0 Å². The Morgan fingerprint density at radius 3 is 2.47 bits per heavy atom. The number of hydrogen-bond acceptors (Lipinski definition) is 3. The molecule has 2 amide bonds. The number of urea groups is 1. The lowest BCUT2D eigenvalue weighted by Gasteiger charge is -2.05. The van der Waals surface area contributed by atoms with Crippen molar-refractivity contribution >= 4 is 12.0 Å². The first kappa shape index (κ1) is 13.7. The minimum atomic E-state index is -0.921. The minimum Gasteiger partial charge on any atom is -0.481 e. The van der Waals surface area contributed by atoms with E-state index in [4.69, 9.17) is 9.84 Å². The summed E-state index contributed by atoms with van der Waals surface area (Å²) in [6.07, 6.45) is 1.68. The Morgan fingerprint density at radius 2 is 1.87 bits per heavy atom. The van der Waals surface area contributed by atoms with Gasteiger partial charge in [0.2, 0.25) is 0 Å². The standard InChI is InChI=1S/C9H18N2O4/c1-15-7-3-2-5-10-9(14)11-6-4-8(12)13/h2-7H2,1H3,(H,12,13)(H2,10,11,14). The third-order valence-corrected chi connectivity index (χ3v) is 1.69. The second-order valence-corrected chi connectivity index (χ2v) is 3.03. The van der Waals surface area contributed by atoms with Gasteiger partial charge in [0.05, 0.1) is 6.42 Å². The van der Waals surface area contributed by atoms with Crippen molar-refractivity contribution in [2.75, 3.05) is 26.8 Å². The molecule has 0 aromatic rings. The highest BCUT2D eigenvalue weighted by Crippen LogP contribution is 1.86. The zero-order valence-corrected chi connectivity index (χ0v) is 8.91. The van der Waals surface area contributed by atoms with Crippen LogP contribution in [0.2, 0.25) is 0 Å². The highest BCUT2D eigenvalue weighted by molar-refractivity contribution is 5.74.